The number of aromatic amines is 1. The van der Waals surface area contributed by atoms with Gasteiger partial charge in [0.05, 0.1) is 0 Å². The van der Waals surface area contributed by atoms with Crippen molar-refractivity contribution < 1.29 is 0 Å². The summed E-state index contributed by atoms with van der Waals surface area (Å²) in [5, 5.41) is 4.46. The van der Waals surface area contributed by atoms with Crippen LogP contribution in [-0.2, 0) is 13.0 Å². The van der Waals surface area contributed by atoms with Crippen molar-refractivity contribution in [2.75, 3.05) is 6.54 Å². The normalized spacial score (nSPS) is 14.2. The third kappa shape index (κ3) is 2.67. The predicted octanol–water partition coefficient (Wildman–Crippen LogP) is 3.76. The van der Waals surface area contributed by atoms with Gasteiger partial charge < -0.3 is 10.3 Å². The molecule has 0 amide bonds. The predicted molar refractivity (Wildman–Crippen MR) is 80.3 cm³/mol. The van der Waals surface area contributed by atoms with Gasteiger partial charge in [0, 0.05) is 46.4 Å². The molecule has 0 unspecified atom stereocenters. The molecule has 1 aromatic heterocycles. The van der Waals surface area contributed by atoms with Gasteiger partial charge in [-0.05, 0) is 18.2 Å². The van der Waals surface area contributed by atoms with Gasteiger partial charge >= 0.3 is 0 Å². The van der Waals surface area contributed by atoms with Gasteiger partial charge in [-0.1, -0.05) is 35.4 Å². The van der Waals surface area contributed by atoms with Crippen LogP contribution >= 0.6 is 35.4 Å². The van der Waals surface area contributed by atoms with Crippen LogP contribution in [0.1, 0.15) is 11.3 Å². The number of nitrogens with zero attached hydrogens (tertiary/aromatic N) is 1. The van der Waals surface area contributed by atoms with Crippen LogP contribution in [0.3, 0.4) is 0 Å². The van der Waals surface area contributed by atoms with Gasteiger partial charge in [-0.25, -0.2) is 4.98 Å². The second-order valence-electron chi connectivity index (χ2n) is 4.43. The van der Waals surface area contributed by atoms with Gasteiger partial charge in [0.1, 0.15) is 10.5 Å². The smallest absolute Gasteiger partial charge is 0.139 e. The molecule has 0 bridgehead atoms. The molecule has 19 heavy (non-hydrogen) atoms. The first-order valence-corrected chi connectivity index (χ1v) is 7.09. The van der Waals surface area contributed by atoms with Crippen LogP contribution < -0.4 is 5.32 Å². The lowest BCUT2D eigenvalue weighted by atomic mass is 10.1. The van der Waals surface area contributed by atoms with Crippen molar-refractivity contribution in [3.05, 3.63) is 44.1 Å². The summed E-state index contributed by atoms with van der Waals surface area (Å²) in [5.74, 6) is 0.718. The van der Waals surface area contributed by atoms with E-state index in [1.54, 1.807) is 6.07 Å². The molecule has 0 saturated carbocycles. The van der Waals surface area contributed by atoms with E-state index in [9.17, 15) is 0 Å². The van der Waals surface area contributed by atoms with Crippen molar-refractivity contribution in [2.45, 2.75) is 13.0 Å². The molecule has 0 spiro atoms. The van der Waals surface area contributed by atoms with E-state index in [1.807, 2.05) is 12.1 Å². The molecule has 98 valence electrons. The topological polar surface area (TPSA) is 40.7 Å². The SMILES string of the molecule is S=c1nc(-c2cc(Cl)cc(Cl)c2)[nH]c2c1CNCC2. The van der Waals surface area contributed by atoms with E-state index in [1.165, 1.54) is 0 Å². The summed E-state index contributed by atoms with van der Waals surface area (Å²) in [6, 6.07) is 5.35. The molecular weight excluding hydrogens is 301 g/mol. The average Bonchev–Trinajstić information content (AvgIpc) is 2.37. The van der Waals surface area contributed by atoms with Gasteiger partial charge in [-0.2, -0.15) is 0 Å². The molecule has 3 nitrogen and oxygen atoms in total. The highest BCUT2D eigenvalue weighted by Crippen LogP contribution is 2.26. The summed E-state index contributed by atoms with van der Waals surface area (Å²) >= 11 is 17.4. The Bertz CT molecular complexity index is 677. The van der Waals surface area contributed by atoms with E-state index in [2.05, 4.69) is 15.3 Å². The van der Waals surface area contributed by atoms with Crippen LogP contribution in [0, 0.1) is 4.64 Å². The van der Waals surface area contributed by atoms with Crippen molar-refractivity contribution in [3.63, 3.8) is 0 Å². The first-order valence-electron chi connectivity index (χ1n) is 5.93. The lowest BCUT2D eigenvalue weighted by Gasteiger charge is -2.17. The highest BCUT2D eigenvalue weighted by atomic mass is 35.5. The minimum Gasteiger partial charge on any atom is -0.343 e. The van der Waals surface area contributed by atoms with Crippen molar-refractivity contribution in [1.82, 2.24) is 15.3 Å². The number of nitrogens with one attached hydrogen (secondary N) is 2. The fraction of sp³-hybridized carbons (Fsp3) is 0.231. The number of halogens is 2. The lowest BCUT2D eigenvalue weighted by Crippen LogP contribution is -2.25. The third-order valence-electron chi connectivity index (χ3n) is 3.09. The Balaban J connectivity index is 2.15. The van der Waals surface area contributed by atoms with Crippen molar-refractivity contribution in [2.24, 2.45) is 0 Å². The Kier molecular flexibility index (Phi) is 3.58. The van der Waals surface area contributed by atoms with Gasteiger partial charge in [-0.15, -0.1) is 0 Å². The molecule has 2 heterocycles. The summed E-state index contributed by atoms with van der Waals surface area (Å²) in [4.78, 5) is 7.78. The maximum Gasteiger partial charge on any atom is 0.139 e. The summed E-state index contributed by atoms with van der Waals surface area (Å²) in [6.45, 7) is 1.71. The Morgan fingerprint density at radius 1 is 1.16 bits per heavy atom. The summed E-state index contributed by atoms with van der Waals surface area (Å²) in [5.41, 5.74) is 3.08. The van der Waals surface area contributed by atoms with Crippen molar-refractivity contribution >= 4 is 35.4 Å². The molecular formula is C13H11Cl2N3S. The van der Waals surface area contributed by atoms with Crippen LogP contribution in [0.4, 0.5) is 0 Å². The quantitative estimate of drug-likeness (QED) is 0.788. The molecule has 0 radical (unpaired) electrons. The van der Waals surface area contributed by atoms with Crippen LogP contribution in [0.15, 0.2) is 18.2 Å². The maximum absolute atomic E-state index is 6.02. The van der Waals surface area contributed by atoms with Crippen molar-refractivity contribution in [3.8, 4) is 11.4 Å². The second kappa shape index (κ2) is 5.21. The minimum absolute atomic E-state index is 0.586. The molecule has 0 fully saturated rings. The number of benzene rings is 1. The van der Waals surface area contributed by atoms with Gasteiger partial charge in [0.2, 0.25) is 0 Å². The van der Waals surface area contributed by atoms with Crippen molar-refractivity contribution in [1.29, 1.82) is 0 Å². The van der Waals surface area contributed by atoms with E-state index in [-0.39, 0.29) is 0 Å². The second-order valence-corrected chi connectivity index (χ2v) is 5.69. The van der Waals surface area contributed by atoms with Gasteiger partial charge in [0.15, 0.2) is 0 Å². The molecule has 6 heteroatoms. The Morgan fingerprint density at radius 3 is 2.63 bits per heavy atom. The number of H-pyrrole nitrogens is 1. The van der Waals surface area contributed by atoms with E-state index < -0.39 is 0 Å². The summed E-state index contributed by atoms with van der Waals surface area (Å²) < 4.78 is 0.632. The van der Waals surface area contributed by atoms with Crippen LogP contribution in [0.25, 0.3) is 11.4 Å². The molecule has 0 atom stereocenters. The Morgan fingerprint density at radius 2 is 1.89 bits per heavy atom. The van der Waals surface area contributed by atoms with E-state index in [0.717, 1.165) is 42.2 Å². The first-order chi connectivity index (χ1) is 9.13. The molecule has 2 aromatic rings. The largest absolute Gasteiger partial charge is 0.343 e. The number of aromatic nitrogens is 2. The zero-order chi connectivity index (χ0) is 13.4. The minimum atomic E-state index is 0.586. The third-order valence-corrected chi connectivity index (χ3v) is 3.87. The molecule has 2 N–H and O–H groups in total. The monoisotopic (exact) mass is 311 g/mol. The Labute approximate surface area is 126 Å². The fourth-order valence-corrected chi connectivity index (χ4v) is 3.01. The standard InChI is InChI=1S/C13H11Cl2N3S/c14-8-3-7(4-9(15)5-8)12-17-11-1-2-16-6-10(11)13(19)18-12/h3-5,16H,1-2,6H2,(H,17,18,19). The number of rotatable bonds is 1. The van der Waals surface area contributed by atoms with Crippen LogP contribution in [0.5, 0.6) is 0 Å². The maximum atomic E-state index is 6.02. The number of fused-ring (bicyclic) bond motifs is 1. The fourth-order valence-electron chi connectivity index (χ4n) is 2.19. The number of hydrogen-bond acceptors (Lipinski definition) is 3. The van der Waals surface area contributed by atoms with E-state index >= 15 is 0 Å². The Hall–Kier alpha value is -0.940. The summed E-state index contributed by atoms with van der Waals surface area (Å²) in [7, 11) is 0. The highest BCUT2D eigenvalue weighted by molar-refractivity contribution is 7.71. The van der Waals surface area contributed by atoms with Gasteiger partial charge in [0.25, 0.3) is 0 Å². The zero-order valence-electron chi connectivity index (χ0n) is 9.96. The molecule has 1 aliphatic rings. The summed E-state index contributed by atoms with van der Waals surface area (Å²) in [6.07, 6.45) is 0.919. The van der Waals surface area contributed by atoms with E-state index in [0.29, 0.717) is 14.7 Å². The molecule has 1 aromatic carbocycles. The molecule has 3 rings (SSSR count). The number of hydrogen-bond donors (Lipinski definition) is 2. The van der Waals surface area contributed by atoms with Crippen LogP contribution in [0.2, 0.25) is 10.0 Å². The molecule has 0 saturated heterocycles. The average molecular weight is 312 g/mol. The van der Waals surface area contributed by atoms with Gasteiger partial charge in [-0.3, -0.25) is 0 Å². The molecule has 0 aliphatic carbocycles. The van der Waals surface area contributed by atoms with Crippen LogP contribution in [-0.4, -0.2) is 16.5 Å². The first kappa shape index (κ1) is 13.1. The van der Waals surface area contributed by atoms with E-state index in [4.69, 9.17) is 35.4 Å². The molecule has 1 aliphatic heterocycles. The lowest BCUT2D eigenvalue weighted by molar-refractivity contribution is 0.624. The zero-order valence-corrected chi connectivity index (χ0v) is 12.3. The highest BCUT2D eigenvalue weighted by Gasteiger charge is 2.14.